The van der Waals surface area contributed by atoms with Crippen LogP contribution < -0.4 is 10.6 Å². The molecule has 1 aliphatic heterocycles. The van der Waals surface area contributed by atoms with Crippen molar-refractivity contribution in [1.82, 2.24) is 24.5 Å². The highest BCUT2D eigenvalue weighted by Gasteiger charge is 2.21. The largest absolute Gasteiger partial charge is 0.395 e. The number of nitrogens with two attached hydrogens (primary N) is 1. The van der Waals surface area contributed by atoms with Gasteiger partial charge < -0.3 is 15.7 Å². The fourth-order valence-corrected chi connectivity index (χ4v) is 4.32. The highest BCUT2D eigenvalue weighted by atomic mass is 35.5. The number of nitrogen functional groups attached to an aromatic ring is 1. The van der Waals surface area contributed by atoms with E-state index in [1.165, 1.54) is 0 Å². The van der Waals surface area contributed by atoms with E-state index in [4.69, 9.17) is 27.4 Å². The monoisotopic (exact) mass is 449 g/mol. The Bertz CT molecular complexity index is 1250. The van der Waals surface area contributed by atoms with Gasteiger partial charge in [-0.1, -0.05) is 23.7 Å². The molecule has 1 aliphatic rings. The van der Waals surface area contributed by atoms with Crippen molar-refractivity contribution in [1.29, 1.82) is 0 Å². The first kappa shape index (κ1) is 20.7. The molecule has 1 aromatic carbocycles. The summed E-state index contributed by atoms with van der Waals surface area (Å²) in [5.74, 6) is 1.32. The Morgan fingerprint density at radius 2 is 1.84 bits per heavy atom. The summed E-state index contributed by atoms with van der Waals surface area (Å²) in [6.45, 7) is 4.39. The van der Waals surface area contributed by atoms with Crippen LogP contribution in [0.5, 0.6) is 0 Å². The minimum absolute atomic E-state index is 0.184. The number of halogens is 1. The molecule has 8 nitrogen and oxygen atoms in total. The maximum atomic E-state index is 9.19. The molecular formula is C23H24ClN7O. The highest BCUT2D eigenvalue weighted by molar-refractivity contribution is 6.30. The fourth-order valence-electron chi connectivity index (χ4n) is 4.13. The van der Waals surface area contributed by atoms with Crippen LogP contribution in [0, 0.1) is 0 Å². The molecule has 0 atom stereocenters. The molecule has 0 spiro atoms. The van der Waals surface area contributed by atoms with Crippen molar-refractivity contribution in [2.45, 2.75) is 0 Å². The summed E-state index contributed by atoms with van der Waals surface area (Å²) in [5, 5.41) is 14.8. The van der Waals surface area contributed by atoms with Crippen molar-refractivity contribution < 1.29 is 5.11 Å². The van der Waals surface area contributed by atoms with E-state index >= 15 is 0 Å². The molecule has 1 saturated heterocycles. The zero-order valence-electron chi connectivity index (χ0n) is 17.5. The molecule has 9 heteroatoms. The number of hydrogen-bond acceptors (Lipinski definition) is 7. The second kappa shape index (κ2) is 8.74. The van der Waals surface area contributed by atoms with Crippen LogP contribution in [0.15, 0.2) is 54.7 Å². The fraction of sp³-hybridized carbons (Fsp3) is 0.261. The van der Waals surface area contributed by atoms with Gasteiger partial charge in [-0.25, -0.2) is 14.5 Å². The zero-order valence-corrected chi connectivity index (χ0v) is 18.3. The molecular weight excluding hydrogens is 426 g/mol. The van der Waals surface area contributed by atoms with E-state index in [2.05, 4.69) is 14.8 Å². The lowest BCUT2D eigenvalue weighted by Crippen LogP contribution is -2.47. The Balaban J connectivity index is 1.61. The quantitative estimate of drug-likeness (QED) is 0.483. The predicted molar refractivity (Wildman–Crippen MR) is 127 cm³/mol. The van der Waals surface area contributed by atoms with E-state index < -0.39 is 0 Å². The molecule has 3 N–H and O–H groups in total. The number of aliphatic hydroxyl groups is 1. The summed E-state index contributed by atoms with van der Waals surface area (Å²) in [6, 6.07) is 15.4. The first-order valence-corrected chi connectivity index (χ1v) is 11.0. The summed E-state index contributed by atoms with van der Waals surface area (Å²) in [6.07, 6.45) is 1.69. The summed E-state index contributed by atoms with van der Waals surface area (Å²) in [7, 11) is 0. The minimum Gasteiger partial charge on any atom is -0.395 e. The van der Waals surface area contributed by atoms with Crippen molar-refractivity contribution in [2.24, 2.45) is 0 Å². The molecule has 164 valence electrons. The van der Waals surface area contributed by atoms with Gasteiger partial charge >= 0.3 is 0 Å². The van der Waals surface area contributed by atoms with Crippen molar-refractivity contribution in [3.63, 3.8) is 0 Å². The lowest BCUT2D eigenvalue weighted by atomic mass is 10.1. The van der Waals surface area contributed by atoms with Gasteiger partial charge in [-0.2, -0.15) is 0 Å². The van der Waals surface area contributed by atoms with E-state index in [0.717, 1.165) is 60.2 Å². The normalized spacial score (nSPS) is 14.9. The molecule has 1 fully saturated rings. The molecule has 3 aromatic heterocycles. The third-order valence-electron chi connectivity index (χ3n) is 5.73. The van der Waals surface area contributed by atoms with Crippen molar-refractivity contribution in [3.05, 3.63) is 59.8 Å². The number of pyridine rings is 1. The van der Waals surface area contributed by atoms with Crippen LogP contribution in [0.2, 0.25) is 5.02 Å². The van der Waals surface area contributed by atoms with Gasteiger partial charge in [0, 0.05) is 55.1 Å². The van der Waals surface area contributed by atoms with Gasteiger partial charge in [-0.3, -0.25) is 4.90 Å². The van der Waals surface area contributed by atoms with Crippen LogP contribution >= 0.6 is 11.6 Å². The number of rotatable bonds is 5. The number of aromatic nitrogens is 4. The first-order chi connectivity index (χ1) is 15.6. The summed E-state index contributed by atoms with van der Waals surface area (Å²) >= 11 is 6.27. The Morgan fingerprint density at radius 1 is 1.00 bits per heavy atom. The second-order valence-corrected chi connectivity index (χ2v) is 8.24. The predicted octanol–water partition coefficient (Wildman–Crippen LogP) is 2.81. The number of imidazole rings is 1. The zero-order chi connectivity index (χ0) is 22.1. The second-order valence-electron chi connectivity index (χ2n) is 7.80. The Kier molecular flexibility index (Phi) is 5.65. The van der Waals surface area contributed by atoms with E-state index in [-0.39, 0.29) is 6.61 Å². The average molecular weight is 450 g/mol. The number of anilines is 2. The van der Waals surface area contributed by atoms with E-state index in [9.17, 15) is 5.11 Å². The van der Waals surface area contributed by atoms with Crippen LogP contribution in [0.3, 0.4) is 0 Å². The maximum absolute atomic E-state index is 9.19. The molecule has 0 bridgehead atoms. The number of fused-ring (bicyclic) bond motifs is 1. The van der Waals surface area contributed by atoms with Crippen molar-refractivity contribution in [2.75, 3.05) is 50.0 Å². The van der Waals surface area contributed by atoms with Crippen LogP contribution in [-0.4, -0.2) is 68.9 Å². The average Bonchev–Trinajstić information content (AvgIpc) is 3.19. The van der Waals surface area contributed by atoms with Gasteiger partial charge in [-0.05, 0) is 36.4 Å². The Morgan fingerprint density at radius 3 is 2.59 bits per heavy atom. The molecule has 0 unspecified atom stereocenters. The van der Waals surface area contributed by atoms with Crippen molar-refractivity contribution >= 4 is 28.9 Å². The summed E-state index contributed by atoms with van der Waals surface area (Å²) in [4.78, 5) is 13.5. The molecule has 4 heterocycles. The Hall–Kier alpha value is -3.20. The first-order valence-electron chi connectivity index (χ1n) is 10.6. The lowest BCUT2D eigenvalue weighted by Gasteiger charge is -2.34. The number of β-amino-alcohol motifs (C(OH)–C–C–N with tert-alkyl or cyclic N) is 1. The highest BCUT2D eigenvalue weighted by Crippen LogP contribution is 2.34. The topological polar surface area (TPSA) is 95.8 Å². The van der Waals surface area contributed by atoms with Crippen LogP contribution in [0.4, 0.5) is 11.6 Å². The van der Waals surface area contributed by atoms with Gasteiger partial charge in [0.05, 0.1) is 12.3 Å². The molecule has 5 rings (SSSR count). The van der Waals surface area contributed by atoms with Gasteiger partial charge in [0.2, 0.25) is 0 Å². The Labute approximate surface area is 190 Å². The number of hydrogen-bond donors (Lipinski definition) is 2. The van der Waals surface area contributed by atoms with Gasteiger partial charge in [-0.15, -0.1) is 5.10 Å². The molecule has 0 saturated carbocycles. The molecule has 0 radical (unpaired) electrons. The van der Waals surface area contributed by atoms with E-state index in [1.807, 2.05) is 53.0 Å². The number of benzene rings is 1. The number of piperazine rings is 1. The van der Waals surface area contributed by atoms with Gasteiger partial charge in [0.25, 0.3) is 0 Å². The van der Waals surface area contributed by atoms with Crippen molar-refractivity contribution in [3.8, 4) is 22.5 Å². The van der Waals surface area contributed by atoms with E-state index in [1.54, 1.807) is 6.20 Å². The van der Waals surface area contributed by atoms with Crippen LogP contribution in [-0.2, 0) is 0 Å². The molecule has 0 aliphatic carbocycles. The third-order valence-corrected chi connectivity index (χ3v) is 5.96. The third kappa shape index (κ3) is 4.00. The SMILES string of the molecule is Nc1cc(-c2c(-c3cccc(Cl)c3)nc3ccc(N4CCN(CCO)CC4)nn23)ccn1. The minimum atomic E-state index is 0.184. The van der Waals surface area contributed by atoms with Gasteiger partial charge in [0.1, 0.15) is 17.3 Å². The van der Waals surface area contributed by atoms with Gasteiger partial charge in [0.15, 0.2) is 5.65 Å². The smallest absolute Gasteiger partial charge is 0.155 e. The molecule has 32 heavy (non-hydrogen) atoms. The van der Waals surface area contributed by atoms with Crippen LogP contribution in [0.25, 0.3) is 28.2 Å². The summed E-state index contributed by atoms with van der Waals surface area (Å²) < 4.78 is 1.88. The number of nitrogens with zero attached hydrogens (tertiary/aromatic N) is 6. The lowest BCUT2D eigenvalue weighted by molar-refractivity contribution is 0.188. The maximum Gasteiger partial charge on any atom is 0.155 e. The van der Waals surface area contributed by atoms with E-state index in [0.29, 0.717) is 17.4 Å². The summed E-state index contributed by atoms with van der Waals surface area (Å²) in [5.41, 5.74) is 10.2. The van der Waals surface area contributed by atoms with Crippen LogP contribution in [0.1, 0.15) is 0 Å². The molecule has 4 aromatic rings. The number of aliphatic hydroxyl groups excluding tert-OH is 1. The molecule has 0 amide bonds. The standard InChI is InChI=1S/C23H24ClN7O/c24-18-3-1-2-16(14-18)22-23(17-6-7-26-19(25)15-17)31-20(27-22)4-5-21(28-31)30-10-8-29(9-11-30)12-13-32/h1-7,14-15,32H,8-13H2,(H2,25,26).